The van der Waals surface area contributed by atoms with E-state index in [4.69, 9.17) is 0 Å². The van der Waals surface area contributed by atoms with Gasteiger partial charge in [-0.15, -0.1) is 0 Å². The van der Waals surface area contributed by atoms with E-state index in [1.807, 2.05) is 6.21 Å². The van der Waals surface area contributed by atoms with E-state index in [2.05, 4.69) is 57.1 Å². The summed E-state index contributed by atoms with van der Waals surface area (Å²) in [7, 11) is 0. The molecule has 0 aromatic heterocycles. The summed E-state index contributed by atoms with van der Waals surface area (Å²) in [6, 6.07) is 15.1. The lowest BCUT2D eigenvalue weighted by molar-refractivity contribution is 0.589. The lowest BCUT2D eigenvalue weighted by atomic mass is 9.97. The highest BCUT2D eigenvalue weighted by atomic mass is 32.2. The standard InChI is InChI=1S/C17H17N3S/c1-2-5-14-13(4-1)12-19-21-16-7-3-6-15(17(14)16)20-10-8-18-9-11-20/h1-7,12,18H,8-11H2. The fraction of sp³-hybridized carbons (Fsp3) is 0.235. The molecule has 2 heterocycles. The number of benzene rings is 2. The van der Waals surface area contributed by atoms with Crippen molar-refractivity contribution in [3.05, 3.63) is 48.0 Å². The largest absolute Gasteiger partial charge is 0.368 e. The van der Waals surface area contributed by atoms with Crippen molar-refractivity contribution in [2.75, 3.05) is 31.1 Å². The van der Waals surface area contributed by atoms with Crippen LogP contribution in [0.5, 0.6) is 0 Å². The molecular weight excluding hydrogens is 278 g/mol. The molecule has 4 heteroatoms. The fourth-order valence-electron chi connectivity index (χ4n) is 3.01. The van der Waals surface area contributed by atoms with Gasteiger partial charge in [0.15, 0.2) is 0 Å². The van der Waals surface area contributed by atoms with Crippen LogP contribution in [0.1, 0.15) is 5.56 Å². The summed E-state index contributed by atoms with van der Waals surface area (Å²) in [5.74, 6) is 0. The number of piperazine rings is 1. The van der Waals surface area contributed by atoms with Crippen molar-refractivity contribution in [1.29, 1.82) is 0 Å². The van der Waals surface area contributed by atoms with Crippen LogP contribution in [0.25, 0.3) is 11.1 Å². The summed E-state index contributed by atoms with van der Waals surface area (Å²) < 4.78 is 4.50. The molecule has 0 aliphatic carbocycles. The second-order valence-corrected chi connectivity index (χ2v) is 6.13. The maximum atomic E-state index is 4.50. The number of nitrogens with zero attached hydrogens (tertiary/aromatic N) is 2. The number of hydrogen-bond donors (Lipinski definition) is 1. The van der Waals surface area contributed by atoms with E-state index in [0.29, 0.717) is 0 Å². The van der Waals surface area contributed by atoms with Crippen LogP contribution in [0.4, 0.5) is 5.69 Å². The van der Waals surface area contributed by atoms with Gasteiger partial charge < -0.3 is 10.2 Å². The van der Waals surface area contributed by atoms with Crippen LogP contribution < -0.4 is 10.2 Å². The molecule has 0 unspecified atom stereocenters. The first-order chi connectivity index (χ1) is 10.4. The number of hydrogen-bond acceptors (Lipinski definition) is 4. The molecule has 0 atom stereocenters. The molecule has 2 aliphatic heterocycles. The summed E-state index contributed by atoms with van der Waals surface area (Å²) in [5, 5.41) is 3.42. The molecule has 0 saturated carbocycles. The van der Waals surface area contributed by atoms with Crippen molar-refractivity contribution in [1.82, 2.24) is 5.32 Å². The van der Waals surface area contributed by atoms with Crippen molar-refractivity contribution >= 4 is 23.8 Å². The Morgan fingerprint density at radius 3 is 2.76 bits per heavy atom. The molecule has 106 valence electrons. The average molecular weight is 295 g/mol. The Hall–Kier alpha value is -1.78. The van der Waals surface area contributed by atoms with Gasteiger partial charge in [0.05, 0.1) is 0 Å². The predicted octanol–water partition coefficient (Wildman–Crippen LogP) is 3.20. The Morgan fingerprint density at radius 2 is 1.86 bits per heavy atom. The van der Waals surface area contributed by atoms with E-state index >= 15 is 0 Å². The van der Waals surface area contributed by atoms with Crippen LogP contribution in [0.3, 0.4) is 0 Å². The molecule has 1 fully saturated rings. The van der Waals surface area contributed by atoms with E-state index in [1.54, 1.807) is 11.9 Å². The van der Waals surface area contributed by atoms with Gasteiger partial charge in [-0.2, -0.15) is 0 Å². The molecule has 0 amide bonds. The van der Waals surface area contributed by atoms with Gasteiger partial charge in [-0.25, -0.2) is 4.40 Å². The third-order valence-corrected chi connectivity index (χ3v) is 4.78. The van der Waals surface area contributed by atoms with Crippen molar-refractivity contribution in [2.45, 2.75) is 4.90 Å². The Kier molecular flexibility index (Phi) is 3.41. The minimum atomic E-state index is 1.05. The molecule has 0 spiro atoms. The Labute approximate surface area is 129 Å². The number of anilines is 1. The van der Waals surface area contributed by atoms with Crippen molar-refractivity contribution in [2.24, 2.45) is 4.40 Å². The number of rotatable bonds is 1. The summed E-state index contributed by atoms with van der Waals surface area (Å²) in [6.07, 6.45) is 1.97. The molecule has 21 heavy (non-hydrogen) atoms. The lowest BCUT2D eigenvalue weighted by Crippen LogP contribution is -2.43. The van der Waals surface area contributed by atoms with E-state index in [0.717, 1.165) is 26.2 Å². The first kappa shape index (κ1) is 12.9. The highest BCUT2D eigenvalue weighted by Crippen LogP contribution is 2.42. The zero-order chi connectivity index (χ0) is 14.1. The summed E-state index contributed by atoms with van der Waals surface area (Å²) >= 11 is 1.57. The topological polar surface area (TPSA) is 27.6 Å². The monoisotopic (exact) mass is 295 g/mol. The quantitative estimate of drug-likeness (QED) is 0.819. The second kappa shape index (κ2) is 5.54. The highest BCUT2D eigenvalue weighted by Gasteiger charge is 2.20. The Morgan fingerprint density at radius 1 is 1.00 bits per heavy atom. The van der Waals surface area contributed by atoms with E-state index in [1.165, 1.54) is 27.3 Å². The summed E-state index contributed by atoms with van der Waals surface area (Å²) in [6.45, 7) is 4.22. The average Bonchev–Trinajstić information content (AvgIpc) is 2.75. The molecule has 2 aromatic carbocycles. The Bertz CT molecular complexity index is 690. The van der Waals surface area contributed by atoms with Crippen LogP contribution in [0.15, 0.2) is 51.8 Å². The highest BCUT2D eigenvalue weighted by molar-refractivity contribution is 7.98. The zero-order valence-electron chi connectivity index (χ0n) is 11.7. The first-order valence-electron chi connectivity index (χ1n) is 7.32. The third-order valence-electron chi connectivity index (χ3n) is 4.03. The van der Waals surface area contributed by atoms with Gasteiger partial charge in [-0.3, -0.25) is 0 Å². The van der Waals surface area contributed by atoms with Crippen LogP contribution in [0, 0.1) is 0 Å². The first-order valence-corrected chi connectivity index (χ1v) is 8.09. The molecule has 2 aromatic rings. The predicted molar refractivity (Wildman–Crippen MR) is 90.4 cm³/mol. The van der Waals surface area contributed by atoms with Crippen molar-refractivity contribution in [3.63, 3.8) is 0 Å². The normalized spacial score (nSPS) is 17.0. The maximum Gasteiger partial charge on any atom is 0.0459 e. The van der Waals surface area contributed by atoms with Gasteiger partial charge in [-0.1, -0.05) is 30.3 Å². The Balaban J connectivity index is 1.90. The molecule has 0 bridgehead atoms. The molecule has 1 saturated heterocycles. The number of nitrogens with one attached hydrogen (secondary N) is 1. The molecule has 4 rings (SSSR count). The molecular formula is C17H17N3S. The van der Waals surface area contributed by atoms with Crippen molar-refractivity contribution in [3.8, 4) is 11.1 Å². The van der Waals surface area contributed by atoms with Gasteiger partial charge in [-0.05, 0) is 17.7 Å². The van der Waals surface area contributed by atoms with E-state index < -0.39 is 0 Å². The SMILES string of the molecule is C1=NSc2cccc(N3CCNCC3)c2-c2ccccc21. The van der Waals surface area contributed by atoms with Gasteiger partial charge in [0, 0.05) is 66.1 Å². The van der Waals surface area contributed by atoms with Crippen LogP contribution in [0.2, 0.25) is 0 Å². The number of fused-ring (bicyclic) bond motifs is 3. The van der Waals surface area contributed by atoms with E-state index in [9.17, 15) is 0 Å². The minimum Gasteiger partial charge on any atom is -0.368 e. The van der Waals surface area contributed by atoms with E-state index in [-0.39, 0.29) is 0 Å². The molecule has 0 radical (unpaired) electrons. The lowest BCUT2D eigenvalue weighted by Gasteiger charge is -2.31. The molecule has 3 nitrogen and oxygen atoms in total. The summed E-state index contributed by atoms with van der Waals surface area (Å²) in [4.78, 5) is 3.73. The fourth-order valence-corrected chi connectivity index (χ4v) is 3.74. The third kappa shape index (κ3) is 2.34. The van der Waals surface area contributed by atoms with Crippen LogP contribution in [-0.4, -0.2) is 32.4 Å². The maximum absolute atomic E-state index is 4.50. The molecule has 1 N–H and O–H groups in total. The van der Waals surface area contributed by atoms with Crippen LogP contribution >= 0.6 is 11.9 Å². The van der Waals surface area contributed by atoms with Gasteiger partial charge in [0.25, 0.3) is 0 Å². The van der Waals surface area contributed by atoms with Crippen LogP contribution in [-0.2, 0) is 0 Å². The van der Waals surface area contributed by atoms with Gasteiger partial charge in [0.1, 0.15) is 0 Å². The smallest absolute Gasteiger partial charge is 0.0459 e. The van der Waals surface area contributed by atoms with Crippen molar-refractivity contribution < 1.29 is 0 Å². The minimum absolute atomic E-state index is 1.05. The summed E-state index contributed by atoms with van der Waals surface area (Å²) in [5.41, 5.74) is 5.15. The van der Waals surface area contributed by atoms with Gasteiger partial charge >= 0.3 is 0 Å². The zero-order valence-corrected chi connectivity index (χ0v) is 12.6. The van der Waals surface area contributed by atoms with Gasteiger partial charge in [0.2, 0.25) is 0 Å². The second-order valence-electron chi connectivity index (χ2n) is 5.30. The molecule has 2 aliphatic rings.